The summed E-state index contributed by atoms with van der Waals surface area (Å²) in [6.07, 6.45) is 0.982. The van der Waals surface area contributed by atoms with E-state index in [1.54, 1.807) is 4.90 Å². The predicted molar refractivity (Wildman–Crippen MR) is 103 cm³/mol. The number of fused-ring (bicyclic) bond motifs is 1. The van der Waals surface area contributed by atoms with Crippen LogP contribution in [0.4, 0.5) is 4.79 Å². The summed E-state index contributed by atoms with van der Waals surface area (Å²) >= 11 is 0. The fourth-order valence-electron chi connectivity index (χ4n) is 3.63. The van der Waals surface area contributed by atoms with Gasteiger partial charge in [-0.2, -0.15) is 5.10 Å². The van der Waals surface area contributed by atoms with Crippen molar-refractivity contribution in [1.29, 1.82) is 0 Å². The molecular weight excluding hydrogens is 326 g/mol. The highest BCUT2D eigenvalue weighted by Gasteiger charge is 2.25. The summed E-state index contributed by atoms with van der Waals surface area (Å²) in [4.78, 5) is 16.5. The fourth-order valence-corrected chi connectivity index (χ4v) is 3.63. The monoisotopic (exact) mass is 355 g/mol. The van der Waals surface area contributed by atoms with Crippen molar-refractivity contribution in [2.45, 2.75) is 39.4 Å². The Morgan fingerprint density at radius 2 is 2.04 bits per heavy atom. The molecule has 26 heavy (non-hydrogen) atoms. The van der Waals surface area contributed by atoms with Gasteiger partial charge < -0.3 is 10.2 Å². The lowest BCUT2D eigenvalue weighted by Crippen LogP contribution is -2.48. The zero-order chi connectivity index (χ0) is 18.7. The third-order valence-electron chi connectivity index (χ3n) is 5.15. The quantitative estimate of drug-likeness (QED) is 0.895. The van der Waals surface area contributed by atoms with E-state index in [1.165, 1.54) is 11.1 Å². The molecule has 1 unspecified atom stereocenters. The minimum absolute atomic E-state index is 0.0289. The zero-order valence-corrected chi connectivity index (χ0v) is 16.2. The van der Waals surface area contributed by atoms with Gasteiger partial charge in [-0.15, -0.1) is 0 Å². The third-order valence-corrected chi connectivity index (χ3v) is 5.15. The molecule has 1 aliphatic rings. The lowest BCUT2D eigenvalue weighted by atomic mass is 9.94. The van der Waals surface area contributed by atoms with Crippen molar-refractivity contribution >= 4 is 6.03 Å². The average Bonchev–Trinajstić information content (AvgIpc) is 2.92. The number of hydrogen-bond donors (Lipinski definition) is 1. The Morgan fingerprint density at radius 1 is 1.31 bits per heavy atom. The number of hydrogen-bond acceptors (Lipinski definition) is 3. The summed E-state index contributed by atoms with van der Waals surface area (Å²) < 4.78 is 1.93. The van der Waals surface area contributed by atoms with Crippen LogP contribution in [0.25, 0.3) is 0 Å². The molecule has 2 heterocycles. The van der Waals surface area contributed by atoms with Gasteiger partial charge in [0.15, 0.2) is 0 Å². The first kappa shape index (κ1) is 18.5. The third kappa shape index (κ3) is 4.25. The Balaban J connectivity index is 1.49. The van der Waals surface area contributed by atoms with Crippen molar-refractivity contribution in [1.82, 2.24) is 24.9 Å². The summed E-state index contributed by atoms with van der Waals surface area (Å²) in [5, 5.41) is 7.42. The van der Waals surface area contributed by atoms with E-state index in [1.807, 2.05) is 31.6 Å². The topological polar surface area (TPSA) is 53.4 Å². The fraction of sp³-hybridized carbons (Fsp3) is 0.500. The lowest BCUT2D eigenvalue weighted by molar-refractivity contribution is 0.159. The van der Waals surface area contributed by atoms with Crippen molar-refractivity contribution < 1.29 is 4.79 Å². The van der Waals surface area contributed by atoms with Crippen LogP contribution in [-0.4, -0.2) is 58.8 Å². The van der Waals surface area contributed by atoms with Crippen molar-refractivity contribution in [3.63, 3.8) is 0 Å². The van der Waals surface area contributed by atoms with E-state index in [4.69, 9.17) is 0 Å². The van der Waals surface area contributed by atoms with Gasteiger partial charge in [-0.3, -0.25) is 9.58 Å². The molecule has 0 bridgehead atoms. The van der Waals surface area contributed by atoms with Gasteiger partial charge >= 0.3 is 6.03 Å². The van der Waals surface area contributed by atoms with Gasteiger partial charge in [0, 0.05) is 38.4 Å². The number of rotatable bonds is 5. The average molecular weight is 355 g/mol. The maximum absolute atomic E-state index is 12.4. The number of carbonyl (C=O) groups is 1. The van der Waals surface area contributed by atoms with E-state index < -0.39 is 0 Å². The van der Waals surface area contributed by atoms with Crippen molar-refractivity contribution in [3.05, 3.63) is 52.8 Å². The molecule has 2 amide bonds. The van der Waals surface area contributed by atoms with E-state index in [0.29, 0.717) is 19.1 Å². The number of benzene rings is 1. The summed E-state index contributed by atoms with van der Waals surface area (Å²) in [6, 6.07) is 10.9. The molecule has 0 aliphatic carbocycles. The van der Waals surface area contributed by atoms with E-state index in [9.17, 15) is 4.79 Å². The molecule has 0 saturated carbocycles. The standard InChI is InChI=1S/C20H29N5O/c1-15-11-16(2)25(22-15)10-9-21-20(26)24(4)14-19-12-17-7-5-6-8-18(17)13-23(19)3/h5-8,11,19H,9-10,12-14H2,1-4H3,(H,21,26). The second-order valence-corrected chi connectivity index (χ2v) is 7.30. The maximum atomic E-state index is 12.4. The number of carbonyl (C=O) groups excluding carboxylic acids is 1. The number of nitrogens with zero attached hydrogens (tertiary/aromatic N) is 4. The van der Waals surface area contributed by atoms with E-state index in [2.05, 4.69) is 46.6 Å². The Hall–Kier alpha value is -2.34. The van der Waals surface area contributed by atoms with Gasteiger partial charge in [0.05, 0.1) is 12.2 Å². The highest BCUT2D eigenvalue weighted by molar-refractivity contribution is 5.73. The zero-order valence-electron chi connectivity index (χ0n) is 16.2. The molecule has 3 rings (SSSR count). The van der Waals surface area contributed by atoms with Gasteiger partial charge in [0.25, 0.3) is 0 Å². The molecule has 1 N–H and O–H groups in total. The molecule has 1 aliphatic heterocycles. The minimum Gasteiger partial charge on any atom is -0.336 e. The van der Waals surface area contributed by atoms with Crippen LogP contribution in [0.15, 0.2) is 30.3 Å². The smallest absolute Gasteiger partial charge is 0.317 e. The van der Waals surface area contributed by atoms with Crippen LogP contribution < -0.4 is 5.32 Å². The van der Waals surface area contributed by atoms with Gasteiger partial charge in [-0.25, -0.2) is 4.79 Å². The predicted octanol–water partition coefficient (Wildman–Crippen LogP) is 2.20. The number of amides is 2. The highest BCUT2D eigenvalue weighted by atomic mass is 16.2. The first-order chi connectivity index (χ1) is 12.4. The first-order valence-corrected chi connectivity index (χ1v) is 9.21. The van der Waals surface area contributed by atoms with E-state index >= 15 is 0 Å². The molecule has 6 heteroatoms. The summed E-state index contributed by atoms with van der Waals surface area (Å²) in [5.74, 6) is 0. The van der Waals surface area contributed by atoms with Gasteiger partial charge in [0.1, 0.15) is 0 Å². The number of likely N-dealkylation sites (N-methyl/N-ethyl adjacent to an activating group) is 2. The highest BCUT2D eigenvalue weighted by Crippen LogP contribution is 2.22. The van der Waals surface area contributed by atoms with Gasteiger partial charge in [0.2, 0.25) is 0 Å². The largest absolute Gasteiger partial charge is 0.336 e. The van der Waals surface area contributed by atoms with Crippen molar-refractivity contribution in [3.8, 4) is 0 Å². The summed E-state index contributed by atoms with van der Waals surface area (Å²) in [6.45, 7) is 6.94. The molecule has 1 aromatic heterocycles. The van der Waals surface area contributed by atoms with Crippen LogP contribution in [0.3, 0.4) is 0 Å². The number of aromatic nitrogens is 2. The molecule has 6 nitrogen and oxygen atoms in total. The number of aryl methyl sites for hydroxylation is 2. The van der Waals surface area contributed by atoms with E-state index in [-0.39, 0.29) is 6.03 Å². The van der Waals surface area contributed by atoms with E-state index in [0.717, 1.165) is 30.9 Å². The number of nitrogens with one attached hydrogen (secondary N) is 1. The Kier molecular flexibility index (Phi) is 5.61. The Bertz CT molecular complexity index is 769. The normalized spacial score (nSPS) is 17.0. The lowest BCUT2D eigenvalue weighted by Gasteiger charge is -2.36. The minimum atomic E-state index is -0.0289. The van der Waals surface area contributed by atoms with Crippen molar-refractivity contribution in [2.75, 3.05) is 27.2 Å². The molecule has 2 aromatic rings. The van der Waals surface area contributed by atoms with Crippen LogP contribution in [-0.2, 0) is 19.5 Å². The molecule has 0 saturated heterocycles. The maximum Gasteiger partial charge on any atom is 0.317 e. The van der Waals surface area contributed by atoms with Crippen LogP contribution in [0.2, 0.25) is 0 Å². The Morgan fingerprint density at radius 3 is 2.73 bits per heavy atom. The second-order valence-electron chi connectivity index (χ2n) is 7.30. The molecule has 0 spiro atoms. The van der Waals surface area contributed by atoms with Crippen LogP contribution in [0.5, 0.6) is 0 Å². The molecule has 1 aromatic carbocycles. The molecule has 0 fully saturated rings. The summed E-state index contributed by atoms with van der Waals surface area (Å²) in [7, 11) is 4.00. The van der Waals surface area contributed by atoms with Crippen LogP contribution in [0, 0.1) is 13.8 Å². The molecule has 0 radical (unpaired) electrons. The molecule has 1 atom stereocenters. The van der Waals surface area contributed by atoms with Gasteiger partial charge in [-0.1, -0.05) is 24.3 Å². The van der Waals surface area contributed by atoms with Crippen LogP contribution in [0.1, 0.15) is 22.5 Å². The number of urea groups is 1. The SMILES string of the molecule is Cc1cc(C)n(CCNC(=O)N(C)CC2Cc3ccccc3CN2C)n1. The summed E-state index contributed by atoms with van der Waals surface area (Å²) in [5.41, 5.74) is 4.91. The second kappa shape index (κ2) is 7.91. The molecular formula is C20H29N5O. The first-order valence-electron chi connectivity index (χ1n) is 9.21. The van der Waals surface area contributed by atoms with Crippen LogP contribution >= 0.6 is 0 Å². The molecule has 140 valence electrons. The van der Waals surface area contributed by atoms with Gasteiger partial charge in [-0.05, 0) is 44.5 Å². The Labute approximate surface area is 155 Å². The van der Waals surface area contributed by atoms with Crippen molar-refractivity contribution in [2.24, 2.45) is 0 Å².